The Bertz CT molecular complexity index is 110. The van der Waals surface area contributed by atoms with Crippen LogP contribution in [0.15, 0.2) is 0 Å². The third-order valence-corrected chi connectivity index (χ3v) is 2.10. The average molecular weight is 232 g/mol. The van der Waals surface area contributed by atoms with E-state index in [1.807, 2.05) is 0 Å². The fraction of sp³-hybridized carbons (Fsp3) is 1.00. The average Bonchev–Trinajstić information content (AvgIpc) is 2.20. The summed E-state index contributed by atoms with van der Waals surface area (Å²) in [5.74, 6) is 0. The van der Waals surface area contributed by atoms with Crippen LogP contribution in [0.2, 0.25) is 0 Å². The van der Waals surface area contributed by atoms with E-state index in [1.165, 1.54) is 0 Å². The molecule has 0 amide bonds. The molecule has 0 radical (unpaired) electrons. The van der Waals surface area contributed by atoms with Gasteiger partial charge >= 0.3 is 0 Å². The fourth-order valence-corrected chi connectivity index (χ4v) is 1.39. The number of hydrogen-bond acceptors (Lipinski definition) is 6. The van der Waals surface area contributed by atoms with Crippen LogP contribution >= 0.6 is 18.1 Å². The number of aliphatic hydroxyl groups is 2. The monoisotopic (exact) mass is 232 g/mol. The lowest BCUT2D eigenvalue weighted by Gasteiger charge is -2.27. The van der Waals surface area contributed by atoms with Crippen molar-refractivity contribution in [2.45, 2.75) is 0 Å². The molecule has 0 heterocycles. The van der Waals surface area contributed by atoms with Gasteiger partial charge in [-0.25, -0.2) is 0 Å². The Hall–Kier alpha value is 0.620. The van der Waals surface area contributed by atoms with Gasteiger partial charge in [0.05, 0.1) is 31.8 Å². The molecular weight excluding hydrogens is 218 g/mol. The van der Waals surface area contributed by atoms with Crippen LogP contribution in [0.5, 0.6) is 0 Å². The van der Waals surface area contributed by atoms with E-state index in [0.717, 1.165) is 0 Å². The lowest BCUT2D eigenvalue weighted by molar-refractivity contribution is -0.0150. The first-order valence-electron chi connectivity index (χ1n) is 3.48. The van der Waals surface area contributed by atoms with E-state index < -0.39 is 23.5 Å². The molecule has 0 saturated carbocycles. The molecule has 0 aliphatic carbocycles. The summed E-state index contributed by atoms with van der Waals surface area (Å²) >= 11 is 0. The summed E-state index contributed by atoms with van der Waals surface area (Å²) in [6, 6.07) is 0. The highest BCUT2D eigenvalue weighted by molar-refractivity contribution is 7.25. The Kier molecular flexibility index (Phi) is 8.35. The topological polar surface area (TPSA) is 99.4 Å². The minimum atomic E-state index is -0.953. The molecule has 0 aromatic carbocycles. The predicted molar refractivity (Wildman–Crippen MR) is 49.6 cm³/mol. The van der Waals surface area contributed by atoms with Crippen LogP contribution < -0.4 is 0 Å². The Morgan fingerprint density at radius 2 is 1.31 bits per heavy atom. The van der Waals surface area contributed by atoms with Gasteiger partial charge in [-0.1, -0.05) is 0 Å². The van der Waals surface area contributed by atoms with Crippen molar-refractivity contribution in [2.75, 3.05) is 26.4 Å². The zero-order chi connectivity index (χ0) is 10.2. The maximum atomic E-state index is 8.95. The molecule has 0 aromatic heterocycles. The van der Waals surface area contributed by atoms with Crippen molar-refractivity contribution in [1.82, 2.24) is 0 Å². The van der Waals surface area contributed by atoms with Gasteiger partial charge in [0.25, 0.3) is 0 Å². The van der Waals surface area contributed by atoms with Crippen molar-refractivity contribution in [3.05, 3.63) is 0 Å². The maximum absolute atomic E-state index is 8.95. The highest BCUT2D eigenvalue weighted by Gasteiger charge is 2.29. The predicted octanol–water partition coefficient (Wildman–Crippen LogP) is -1.01. The fourth-order valence-electron chi connectivity index (χ4n) is 0.645. The van der Waals surface area contributed by atoms with E-state index >= 15 is 0 Å². The maximum Gasteiger partial charge on any atom is 0.152 e. The molecule has 0 saturated heterocycles. The van der Waals surface area contributed by atoms with E-state index in [0.29, 0.717) is 0 Å². The van der Waals surface area contributed by atoms with Crippen molar-refractivity contribution in [1.29, 1.82) is 0 Å². The van der Waals surface area contributed by atoms with Crippen LogP contribution in [-0.2, 0) is 9.05 Å². The Labute approximate surface area is 79.8 Å². The van der Waals surface area contributed by atoms with Crippen LogP contribution in [0.4, 0.5) is 0 Å². The molecule has 0 spiro atoms. The van der Waals surface area contributed by atoms with Gasteiger partial charge in [0.15, 0.2) is 18.1 Å². The molecular formula is C5H14O6P2. The minimum Gasteiger partial charge on any atom is -0.396 e. The zero-order valence-electron chi connectivity index (χ0n) is 6.93. The Morgan fingerprint density at radius 1 is 0.923 bits per heavy atom. The summed E-state index contributed by atoms with van der Waals surface area (Å²) in [6.07, 6.45) is 0. The highest BCUT2D eigenvalue weighted by Crippen LogP contribution is 2.23. The summed E-state index contributed by atoms with van der Waals surface area (Å²) in [5.41, 5.74) is -0.953. The number of rotatable bonds is 8. The van der Waals surface area contributed by atoms with E-state index in [1.54, 1.807) is 0 Å². The molecule has 0 aromatic rings. The SMILES string of the molecule is OCC(CO)(COPO)COPO. The molecule has 80 valence electrons. The lowest BCUT2D eigenvalue weighted by Crippen LogP contribution is -2.38. The van der Waals surface area contributed by atoms with Gasteiger partial charge < -0.3 is 29.0 Å². The molecule has 0 aliphatic rings. The van der Waals surface area contributed by atoms with Crippen molar-refractivity contribution in [3.63, 3.8) is 0 Å². The molecule has 4 N–H and O–H groups in total. The van der Waals surface area contributed by atoms with Crippen LogP contribution in [0, 0.1) is 5.41 Å². The number of hydrogen-bond donors (Lipinski definition) is 4. The third kappa shape index (κ3) is 5.15. The van der Waals surface area contributed by atoms with Gasteiger partial charge in [0.1, 0.15) is 0 Å². The number of aliphatic hydroxyl groups excluding tert-OH is 2. The van der Waals surface area contributed by atoms with E-state index in [2.05, 4.69) is 9.05 Å². The zero-order valence-corrected chi connectivity index (χ0v) is 8.93. The van der Waals surface area contributed by atoms with Gasteiger partial charge in [-0.3, -0.25) is 0 Å². The third-order valence-electron chi connectivity index (χ3n) is 1.56. The van der Waals surface area contributed by atoms with Crippen molar-refractivity contribution in [3.8, 4) is 0 Å². The second-order valence-electron chi connectivity index (χ2n) is 2.58. The summed E-state index contributed by atoms with van der Waals surface area (Å²) in [6.45, 7) is -0.699. The standard InChI is InChI=1S/C5H14O6P2/c6-1-5(2-7,3-10-12-8)4-11-13-9/h6-9,12-13H,1-4H2. The first-order valence-corrected chi connectivity index (χ1v) is 5.19. The molecule has 2 unspecified atom stereocenters. The Balaban J connectivity index is 3.97. The largest absolute Gasteiger partial charge is 0.396 e. The molecule has 6 nitrogen and oxygen atoms in total. The van der Waals surface area contributed by atoms with Crippen molar-refractivity contribution in [2.24, 2.45) is 5.41 Å². The van der Waals surface area contributed by atoms with Crippen LogP contribution in [0.3, 0.4) is 0 Å². The van der Waals surface area contributed by atoms with Crippen molar-refractivity contribution < 1.29 is 29.0 Å². The molecule has 13 heavy (non-hydrogen) atoms. The van der Waals surface area contributed by atoms with Crippen LogP contribution in [0.1, 0.15) is 0 Å². The van der Waals surface area contributed by atoms with Crippen LogP contribution in [-0.4, -0.2) is 46.4 Å². The summed E-state index contributed by atoms with van der Waals surface area (Å²) in [4.78, 5) is 16.8. The van der Waals surface area contributed by atoms with E-state index in [-0.39, 0.29) is 26.4 Å². The quantitative estimate of drug-likeness (QED) is 0.400. The lowest BCUT2D eigenvalue weighted by atomic mass is 9.93. The molecule has 0 rings (SSSR count). The second-order valence-corrected chi connectivity index (χ2v) is 3.52. The molecule has 8 heteroatoms. The first-order chi connectivity index (χ1) is 6.24. The molecule has 0 bridgehead atoms. The van der Waals surface area contributed by atoms with E-state index in [4.69, 9.17) is 20.0 Å². The van der Waals surface area contributed by atoms with Crippen LogP contribution in [0.25, 0.3) is 0 Å². The smallest absolute Gasteiger partial charge is 0.152 e. The molecule has 0 aliphatic heterocycles. The molecule has 2 atom stereocenters. The minimum absolute atomic E-state index is 0.0145. The summed E-state index contributed by atoms with van der Waals surface area (Å²) in [7, 11) is -1.39. The van der Waals surface area contributed by atoms with Gasteiger partial charge in [-0.2, -0.15) is 0 Å². The normalized spacial score (nSPS) is 13.8. The van der Waals surface area contributed by atoms with Gasteiger partial charge in [-0.15, -0.1) is 0 Å². The van der Waals surface area contributed by atoms with Gasteiger partial charge in [-0.05, 0) is 0 Å². The Morgan fingerprint density at radius 3 is 1.54 bits per heavy atom. The van der Waals surface area contributed by atoms with Crippen molar-refractivity contribution >= 4 is 18.1 Å². The summed E-state index contributed by atoms with van der Waals surface area (Å²) in [5, 5.41) is 17.9. The molecule has 0 fully saturated rings. The van der Waals surface area contributed by atoms with Gasteiger partial charge in [0, 0.05) is 0 Å². The highest BCUT2D eigenvalue weighted by atomic mass is 31.1. The van der Waals surface area contributed by atoms with E-state index in [9.17, 15) is 0 Å². The second kappa shape index (κ2) is 7.97. The first kappa shape index (κ1) is 13.6. The van der Waals surface area contributed by atoms with Gasteiger partial charge in [0.2, 0.25) is 0 Å². The summed E-state index contributed by atoms with van der Waals surface area (Å²) < 4.78 is 9.37.